The van der Waals surface area contributed by atoms with Crippen molar-refractivity contribution in [3.05, 3.63) is 124 Å². The normalized spacial score (nSPS) is 14.1. The van der Waals surface area contributed by atoms with Gasteiger partial charge in [-0.2, -0.15) is 0 Å². The van der Waals surface area contributed by atoms with E-state index in [2.05, 4.69) is 56.9 Å². The maximum atomic E-state index is 6.38. The fraction of sp³-hybridized carbons (Fsp3) is 0.115. The third-order valence-corrected chi connectivity index (χ3v) is 6.29. The van der Waals surface area contributed by atoms with Crippen LogP contribution < -0.4 is 10.6 Å². The minimum absolute atomic E-state index is 0.0175. The highest BCUT2D eigenvalue weighted by molar-refractivity contribution is 6.31. The van der Waals surface area contributed by atoms with Gasteiger partial charge < -0.3 is 15.2 Å². The van der Waals surface area contributed by atoms with Gasteiger partial charge in [-0.3, -0.25) is 0 Å². The number of anilines is 1. The lowest BCUT2D eigenvalue weighted by atomic mass is 9.93. The molecule has 4 aromatic rings. The van der Waals surface area contributed by atoms with E-state index in [0.717, 1.165) is 34.1 Å². The van der Waals surface area contributed by atoms with Gasteiger partial charge in [0.15, 0.2) is 0 Å². The number of aromatic nitrogens is 2. The third-order valence-electron chi connectivity index (χ3n) is 5.81. The van der Waals surface area contributed by atoms with E-state index in [1.807, 2.05) is 42.9 Å². The van der Waals surface area contributed by atoms with Gasteiger partial charge in [0.05, 0.1) is 12.4 Å². The van der Waals surface area contributed by atoms with Crippen LogP contribution >= 0.6 is 23.2 Å². The first-order chi connectivity index (χ1) is 15.6. The summed E-state index contributed by atoms with van der Waals surface area (Å²) in [6.45, 7) is 1.47. The highest BCUT2D eigenvalue weighted by Gasteiger charge is 2.27. The molecule has 1 atom stereocenters. The monoisotopic (exact) mass is 460 g/mol. The van der Waals surface area contributed by atoms with Crippen LogP contribution in [-0.4, -0.2) is 16.1 Å². The van der Waals surface area contributed by atoms with Crippen LogP contribution in [0.3, 0.4) is 0 Å². The van der Waals surface area contributed by atoms with Crippen LogP contribution in [0.15, 0.2) is 91.5 Å². The Balaban J connectivity index is 1.57. The van der Waals surface area contributed by atoms with Crippen molar-refractivity contribution in [2.75, 3.05) is 11.4 Å². The highest BCUT2D eigenvalue weighted by atomic mass is 35.5. The smallest absolute Gasteiger partial charge is 0.0949 e. The lowest BCUT2D eigenvalue weighted by Crippen LogP contribution is -2.33. The Labute approximate surface area is 197 Å². The van der Waals surface area contributed by atoms with E-state index in [-0.39, 0.29) is 6.04 Å². The lowest BCUT2D eigenvalue weighted by Gasteiger charge is -2.37. The van der Waals surface area contributed by atoms with E-state index < -0.39 is 0 Å². The number of benzene rings is 3. The summed E-state index contributed by atoms with van der Waals surface area (Å²) in [7, 11) is 0. The highest BCUT2D eigenvalue weighted by Crippen LogP contribution is 2.40. The molecule has 32 heavy (non-hydrogen) atoms. The summed E-state index contributed by atoms with van der Waals surface area (Å²) in [5, 5.41) is 1.41. The van der Waals surface area contributed by atoms with Crippen LogP contribution in [0, 0.1) is 0 Å². The van der Waals surface area contributed by atoms with Gasteiger partial charge in [0.25, 0.3) is 0 Å². The fourth-order valence-corrected chi connectivity index (χ4v) is 4.52. The molecule has 0 bridgehead atoms. The molecule has 0 radical (unpaired) electrons. The molecule has 4 nitrogen and oxygen atoms in total. The van der Waals surface area contributed by atoms with Gasteiger partial charge >= 0.3 is 0 Å². The predicted molar refractivity (Wildman–Crippen MR) is 132 cm³/mol. The Morgan fingerprint density at radius 3 is 2.28 bits per heavy atom. The fourth-order valence-electron chi connectivity index (χ4n) is 4.23. The van der Waals surface area contributed by atoms with Crippen molar-refractivity contribution in [1.29, 1.82) is 0 Å². The van der Waals surface area contributed by atoms with E-state index in [9.17, 15) is 0 Å². The average molecular weight is 461 g/mol. The van der Waals surface area contributed by atoms with Crippen LogP contribution in [0.4, 0.5) is 5.69 Å². The number of fused-ring (bicyclic) bond motifs is 1. The molecule has 1 aromatic heterocycles. The van der Waals surface area contributed by atoms with E-state index in [0.29, 0.717) is 11.6 Å². The molecule has 0 fully saturated rings. The first-order valence-electron chi connectivity index (χ1n) is 10.4. The molecule has 6 heteroatoms. The first kappa shape index (κ1) is 20.7. The zero-order valence-corrected chi connectivity index (χ0v) is 18.8. The Morgan fingerprint density at radius 1 is 0.906 bits per heavy atom. The zero-order chi connectivity index (χ0) is 22.1. The van der Waals surface area contributed by atoms with E-state index in [1.54, 1.807) is 6.20 Å². The van der Waals surface area contributed by atoms with Crippen LogP contribution in [0.2, 0.25) is 10.0 Å². The molecule has 0 aliphatic carbocycles. The van der Waals surface area contributed by atoms with E-state index in [4.69, 9.17) is 28.9 Å². The summed E-state index contributed by atoms with van der Waals surface area (Å²) in [5.74, 6) is 0. The minimum Gasteiger partial charge on any atom is -0.398 e. The molecule has 2 heterocycles. The van der Waals surface area contributed by atoms with E-state index in [1.165, 1.54) is 11.1 Å². The lowest BCUT2D eigenvalue weighted by molar-refractivity contribution is 0.739. The van der Waals surface area contributed by atoms with Gasteiger partial charge in [-0.25, -0.2) is 4.98 Å². The summed E-state index contributed by atoms with van der Waals surface area (Å²) in [6, 6.07) is 22.6. The number of rotatable bonds is 5. The SMILES string of the molecule is NC1=CCN(C(c2ccc(Cl)cc2)c2ccc(Cn3ccnc3)cc2)c2cc(Cl)ccc21. The molecule has 2 N–H and O–H groups in total. The topological polar surface area (TPSA) is 47.1 Å². The van der Waals surface area contributed by atoms with Gasteiger partial charge in [0, 0.05) is 52.5 Å². The molecular weight excluding hydrogens is 439 g/mol. The molecule has 0 saturated heterocycles. The second-order valence-corrected chi connectivity index (χ2v) is 8.78. The standard InChI is InChI=1S/C26H22Cl2N4/c27-21-7-5-20(6-8-21)26(19-3-1-18(2-4-19)16-31-14-12-30-17-31)32-13-11-24(29)23-10-9-22(28)15-25(23)32/h1-12,14-15,17,26H,13,16,29H2. The third kappa shape index (κ3) is 4.12. The number of hydrogen-bond donors (Lipinski definition) is 1. The maximum absolute atomic E-state index is 6.38. The summed E-state index contributed by atoms with van der Waals surface area (Å²) in [4.78, 5) is 6.46. The van der Waals surface area contributed by atoms with Crippen molar-refractivity contribution in [1.82, 2.24) is 9.55 Å². The van der Waals surface area contributed by atoms with E-state index >= 15 is 0 Å². The number of nitrogens with zero attached hydrogens (tertiary/aromatic N) is 3. The van der Waals surface area contributed by atoms with Crippen molar-refractivity contribution >= 4 is 34.6 Å². The molecule has 1 aliphatic rings. The van der Waals surface area contributed by atoms with Gasteiger partial charge in [-0.05, 0) is 53.1 Å². The second kappa shape index (κ2) is 8.73. The molecule has 1 aliphatic heterocycles. The van der Waals surface area contributed by atoms with Crippen LogP contribution in [0.5, 0.6) is 0 Å². The molecular formula is C26H22Cl2N4. The molecule has 3 aromatic carbocycles. The molecule has 160 valence electrons. The quantitative estimate of drug-likeness (QED) is 0.388. The summed E-state index contributed by atoms with van der Waals surface area (Å²) < 4.78 is 2.06. The Morgan fingerprint density at radius 2 is 1.59 bits per heavy atom. The number of hydrogen-bond acceptors (Lipinski definition) is 3. The zero-order valence-electron chi connectivity index (χ0n) is 17.3. The predicted octanol–water partition coefficient (Wildman–Crippen LogP) is 6.15. The van der Waals surface area contributed by atoms with Crippen molar-refractivity contribution in [3.8, 4) is 0 Å². The summed E-state index contributed by atoms with van der Waals surface area (Å²) >= 11 is 12.6. The molecule has 0 saturated carbocycles. The minimum atomic E-state index is -0.0175. The first-order valence-corrected chi connectivity index (χ1v) is 11.2. The molecule has 5 rings (SSSR count). The number of imidazole rings is 1. The van der Waals surface area contributed by atoms with Gasteiger partial charge in [0.1, 0.15) is 0 Å². The van der Waals surface area contributed by atoms with Crippen molar-refractivity contribution in [2.45, 2.75) is 12.6 Å². The number of halogens is 2. The summed E-state index contributed by atoms with van der Waals surface area (Å²) in [5.41, 5.74) is 12.7. The maximum Gasteiger partial charge on any atom is 0.0949 e. The van der Waals surface area contributed by atoms with Crippen LogP contribution in [-0.2, 0) is 6.54 Å². The largest absolute Gasteiger partial charge is 0.398 e. The number of nitrogens with two attached hydrogens (primary N) is 1. The molecule has 1 unspecified atom stereocenters. The van der Waals surface area contributed by atoms with Gasteiger partial charge in [-0.15, -0.1) is 0 Å². The van der Waals surface area contributed by atoms with Crippen molar-refractivity contribution in [2.24, 2.45) is 5.73 Å². The molecule has 0 amide bonds. The van der Waals surface area contributed by atoms with Gasteiger partial charge in [0.2, 0.25) is 0 Å². The van der Waals surface area contributed by atoms with Crippen LogP contribution in [0.1, 0.15) is 28.3 Å². The van der Waals surface area contributed by atoms with Crippen molar-refractivity contribution < 1.29 is 0 Å². The summed E-state index contributed by atoms with van der Waals surface area (Å²) in [6.07, 6.45) is 7.65. The molecule has 0 spiro atoms. The Hall–Kier alpha value is -3.21. The Bertz CT molecular complexity index is 1250. The second-order valence-electron chi connectivity index (χ2n) is 7.90. The Kier molecular flexibility index (Phi) is 5.64. The van der Waals surface area contributed by atoms with Crippen LogP contribution in [0.25, 0.3) is 5.70 Å². The average Bonchev–Trinajstić information content (AvgIpc) is 3.31. The van der Waals surface area contributed by atoms with Gasteiger partial charge in [-0.1, -0.05) is 59.6 Å². The van der Waals surface area contributed by atoms with Crippen molar-refractivity contribution in [3.63, 3.8) is 0 Å².